The number of nitrogens with one attached hydrogen (secondary N) is 1. The second-order valence-electron chi connectivity index (χ2n) is 7.54. The maximum absolute atomic E-state index is 5.74. The molecule has 0 unspecified atom stereocenters. The molecule has 0 bridgehead atoms. The molecule has 4 aromatic heterocycles. The van der Waals surface area contributed by atoms with Crippen LogP contribution in [0.1, 0.15) is 38.1 Å². The molecule has 0 aromatic carbocycles. The molecule has 0 fully saturated rings. The van der Waals surface area contributed by atoms with Crippen LogP contribution >= 0.6 is 0 Å². The summed E-state index contributed by atoms with van der Waals surface area (Å²) in [5.74, 6) is 0.850. The summed E-state index contributed by atoms with van der Waals surface area (Å²) in [5, 5.41) is 13.8. The van der Waals surface area contributed by atoms with Crippen molar-refractivity contribution in [3.05, 3.63) is 48.0 Å². The molecule has 30 heavy (non-hydrogen) atoms. The van der Waals surface area contributed by atoms with Gasteiger partial charge in [0.2, 0.25) is 5.88 Å². The smallest absolute Gasteiger partial charge is 0.222 e. The summed E-state index contributed by atoms with van der Waals surface area (Å²) in [6.45, 7) is 7.39. The van der Waals surface area contributed by atoms with Gasteiger partial charge in [0, 0.05) is 32.2 Å². The molecular formula is C22H27N7O. The zero-order chi connectivity index (χ0) is 21.3. The topological polar surface area (TPSA) is 82.7 Å². The molecule has 0 aliphatic heterocycles. The number of nitrogens with zero attached hydrogens (tertiary/aromatic N) is 6. The number of hydrogen-bond acceptors (Lipinski definition) is 6. The average molecular weight is 406 g/mol. The van der Waals surface area contributed by atoms with Gasteiger partial charge in [-0.15, -0.1) is 0 Å². The molecule has 1 N–H and O–H groups in total. The van der Waals surface area contributed by atoms with Gasteiger partial charge in [-0.25, -0.2) is 9.97 Å². The first-order valence-electron chi connectivity index (χ1n) is 10.2. The highest BCUT2D eigenvalue weighted by atomic mass is 16.5. The Labute approximate surface area is 175 Å². The zero-order valence-electron chi connectivity index (χ0n) is 18.0. The van der Waals surface area contributed by atoms with Gasteiger partial charge in [-0.3, -0.25) is 9.36 Å². The van der Waals surface area contributed by atoms with Crippen molar-refractivity contribution in [2.75, 3.05) is 11.9 Å². The average Bonchev–Trinajstić information content (AvgIpc) is 3.30. The van der Waals surface area contributed by atoms with Crippen LogP contribution in [0.25, 0.3) is 22.3 Å². The maximum Gasteiger partial charge on any atom is 0.222 e. The van der Waals surface area contributed by atoms with Crippen LogP contribution in [-0.2, 0) is 20.6 Å². The van der Waals surface area contributed by atoms with E-state index in [1.807, 2.05) is 50.1 Å². The monoisotopic (exact) mass is 405 g/mol. The Morgan fingerprint density at radius 2 is 2.00 bits per heavy atom. The predicted octanol–water partition coefficient (Wildman–Crippen LogP) is 3.90. The van der Waals surface area contributed by atoms with Crippen LogP contribution in [0.2, 0.25) is 0 Å². The number of rotatable bonds is 7. The highest BCUT2D eigenvalue weighted by Crippen LogP contribution is 2.35. The van der Waals surface area contributed by atoms with E-state index in [-0.39, 0.29) is 5.92 Å². The molecule has 4 rings (SSSR count). The van der Waals surface area contributed by atoms with Crippen LogP contribution < -0.4 is 10.1 Å². The Bertz CT molecular complexity index is 1180. The van der Waals surface area contributed by atoms with Crippen LogP contribution in [0.4, 0.5) is 5.69 Å². The van der Waals surface area contributed by atoms with E-state index in [1.165, 1.54) is 0 Å². The lowest BCUT2D eigenvalue weighted by Crippen LogP contribution is -2.04. The molecule has 8 heteroatoms. The molecule has 0 aliphatic rings. The van der Waals surface area contributed by atoms with Crippen LogP contribution in [0.3, 0.4) is 0 Å². The van der Waals surface area contributed by atoms with E-state index in [9.17, 15) is 0 Å². The molecular weight excluding hydrogens is 378 g/mol. The van der Waals surface area contributed by atoms with E-state index < -0.39 is 0 Å². The van der Waals surface area contributed by atoms with E-state index in [2.05, 4.69) is 35.3 Å². The van der Waals surface area contributed by atoms with Gasteiger partial charge in [-0.05, 0) is 37.1 Å². The minimum Gasteiger partial charge on any atom is -0.477 e. The molecule has 0 aliphatic carbocycles. The summed E-state index contributed by atoms with van der Waals surface area (Å²) < 4.78 is 9.39. The molecule has 4 aromatic rings. The third kappa shape index (κ3) is 3.72. The standard InChI is InChI=1S/C22H27N7O/c1-6-30-22-16(8-7-10-23-22)17-12-18(24-13-15-9-11-28(4)26-15)19-20(14(2)3)27-29(5)21(19)25-17/h7-12,14H,6,13H2,1-5H3,(H,24,25). The number of aromatic nitrogens is 6. The Morgan fingerprint density at radius 3 is 2.70 bits per heavy atom. The molecule has 0 spiro atoms. The molecule has 0 radical (unpaired) electrons. The quantitative estimate of drug-likeness (QED) is 0.502. The van der Waals surface area contributed by atoms with Crippen molar-refractivity contribution in [3.8, 4) is 17.1 Å². The van der Waals surface area contributed by atoms with Gasteiger partial charge >= 0.3 is 0 Å². The number of aryl methyl sites for hydroxylation is 2. The van der Waals surface area contributed by atoms with E-state index in [0.29, 0.717) is 19.0 Å². The van der Waals surface area contributed by atoms with E-state index in [1.54, 1.807) is 10.9 Å². The minimum atomic E-state index is 0.272. The molecule has 8 nitrogen and oxygen atoms in total. The molecule has 0 atom stereocenters. The number of pyridine rings is 2. The van der Waals surface area contributed by atoms with Gasteiger partial charge in [-0.1, -0.05) is 13.8 Å². The van der Waals surface area contributed by atoms with Gasteiger partial charge in [0.1, 0.15) is 0 Å². The summed E-state index contributed by atoms with van der Waals surface area (Å²) in [4.78, 5) is 9.32. The van der Waals surface area contributed by atoms with Crippen molar-refractivity contribution in [2.24, 2.45) is 14.1 Å². The van der Waals surface area contributed by atoms with Crippen LogP contribution in [0, 0.1) is 0 Å². The third-order valence-corrected chi connectivity index (χ3v) is 4.92. The van der Waals surface area contributed by atoms with E-state index >= 15 is 0 Å². The summed E-state index contributed by atoms with van der Waals surface area (Å²) in [7, 11) is 3.85. The van der Waals surface area contributed by atoms with Gasteiger partial charge in [-0.2, -0.15) is 10.2 Å². The van der Waals surface area contributed by atoms with Crippen molar-refractivity contribution in [2.45, 2.75) is 33.2 Å². The van der Waals surface area contributed by atoms with Crippen LogP contribution in [0.5, 0.6) is 5.88 Å². The number of fused-ring (bicyclic) bond motifs is 1. The summed E-state index contributed by atoms with van der Waals surface area (Å²) in [6.07, 6.45) is 3.67. The highest BCUT2D eigenvalue weighted by Gasteiger charge is 2.20. The van der Waals surface area contributed by atoms with Crippen molar-refractivity contribution in [1.29, 1.82) is 0 Å². The number of ether oxygens (including phenoxy) is 1. The lowest BCUT2D eigenvalue weighted by atomic mass is 10.0. The Balaban J connectivity index is 1.86. The first kappa shape index (κ1) is 19.9. The van der Waals surface area contributed by atoms with E-state index in [0.717, 1.165) is 39.4 Å². The number of anilines is 1. The summed E-state index contributed by atoms with van der Waals surface area (Å²) in [6, 6.07) is 7.94. The summed E-state index contributed by atoms with van der Waals surface area (Å²) >= 11 is 0. The van der Waals surface area contributed by atoms with Crippen LogP contribution in [0.15, 0.2) is 36.7 Å². The Hall–Kier alpha value is -3.42. The molecule has 0 saturated heterocycles. The van der Waals surface area contributed by atoms with Gasteiger partial charge in [0.15, 0.2) is 5.65 Å². The fourth-order valence-electron chi connectivity index (χ4n) is 3.54. The van der Waals surface area contributed by atoms with Gasteiger partial charge in [0.25, 0.3) is 0 Å². The third-order valence-electron chi connectivity index (χ3n) is 4.92. The molecule has 4 heterocycles. The largest absolute Gasteiger partial charge is 0.477 e. The summed E-state index contributed by atoms with van der Waals surface area (Å²) in [5.41, 5.74) is 5.44. The fraction of sp³-hybridized carbons (Fsp3) is 0.364. The van der Waals surface area contributed by atoms with Crippen molar-refractivity contribution < 1.29 is 4.74 Å². The Kier molecular flexibility index (Phi) is 5.39. The molecule has 0 saturated carbocycles. The Morgan fingerprint density at radius 1 is 1.17 bits per heavy atom. The highest BCUT2D eigenvalue weighted by molar-refractivity contribution is 5.94. The van der Waals surface area contributed by atoms with Gasteiger partial charge in [0.05, 0.1) is 41.2 Å². The molecule has 156 valence electrons. The number of hydrogen-bond donors (Lipinski definition) is 1. The normalized spacial score (nSPS) is 11.4. The fourth-order valence-corrected chi connectivity index (χ4v) is 3.54. The van der Waals surface area contributed by atoms with Crippen molar-refractivity contribution >= 4 is 16.7 Å². The predicted molar refractivity (Wildman–Crippen MR) is 118 cm³/mol. The SMILES string of the molecule is CCOc1ncccc1-c1cc(NCc2ccn(C)n2)c2c(C(C)C)nn(C)c2n1. The minimum absolute atomic E-state index is 0.272. The van der Waals surface area contributed by atoms with E-state index in [4.69, 9.17) is 14.8 Å². The lowest BCUT2D eigenvalue weighted by molar-refractivity contribution is 0.328. The van der Waals surface area contributed by atoms with Gasteiger partial charge < -0.3 is 10.1 Å². The van der Waals surface area contributed by atoms with Crippen molar-refractivity contribution in [1.82, 2.24) is 29.5 Å². The first-order chi connectivity index (χ1) is 14.5. The molecule has 0 amide bonds. The van der Waals surface area contributed by atoms with Crippen molar-refractivity contribution in [3.63, 3.8) is 0 Å². The zero-order valence-corrected chi connectivity index (χ0v) is 18.0. The second kappa shape index (κ2) is 8.14. The maximum atomic E-state index is 5.74. The second-order valence-corrected chi connectivity index (χ2v) is 7.54. The lowest BCUT2D eigenvalue weighted by Gasteiger charge is -2.13. The van der Waals surface area contributed by atoms with Crippen LogP contribution in [-0.4, -0.2) is 36.1 Å². The first-order valence-corrected chi connectivity index (χ1v) is 10.2.